The van der Waals surface area contributed by atoms with Crippen molar-refractivity contribution in [3.8, 4) is 11.5 Å². The van der Waals surface area contributed by atoms with E-state index in [2.05, 4.69) is 15.3 Å². The summed E-state index contributed by atoms with van der Waals surface area (Å²) in [5, 5.41) is 3.24. The first-order valence-electron chi connectivity index (χ1n) is 10.6. The van der Waals surface area contributed by atoms with Crippen LogP contribution in [-0.2, 0) is 10.5 Å². The smallest absolute Gasteiger partial charge is 0.257 e. The number of carbonyl (C=O) groups is 1. The van der Waals surface area contributed by atoms with Crippen LogP contribution in [-0.4, -0.2) is 29.1 Å². The van der Waals surface area contributed by atoms with E-state index in [0.717, 1.165) is 11.1 Å². The summed E-state index contributed by atoms with van der Waals surface area (Å²) in [7, 11) is 0. The quantitative estimate of drug-likeness (QED) is 0.391. The summed E-state index contributed by atoms with van der Waals surface area (Å²) in [5.74, 6) is 1.62. The molecule has 166 valence electrons. The molecular weight excluding hydrogens is 426 g/mol. The molecule has 7 nitrogen and oxygen atoms in total. The van der Waals surface area contributed by atoms with E-state index >= 15 is 0 Å². The van der Waals surface area contributed by atoms with Crippen molar-refractivity contribution >= 4 is 23.5 Å². The Morgan fingerprint density at radius 1 is 1.03 bits per heavy atom. The molecule has 0 radical (unpaired) electrons. The van der Waals surface area contributed by atoms with E-state index in [-0.39, 0.29) is 17.9 Å². The van der Waals surface area contributed by atoms with Crippen molar-refractivity contribution < 1.29 is 14.3 Å². The predicted molar refractivity (Wildman–Crippen MR) is 125 cm³/mol. The summed E-state index contributed by atoms with van der Waals surface area (Å²) in [5.41, 5.74) is 2.14. The fraction of sp³-hybridized carbons (Fsp3) is 0.292. The van der Waals surface area contributed by atoms with Crippen LogP contribution >= 0.6 is 11.8 Å². The number of amides is 1. The molecule has 1 atom stereocenters. The number of nitrogens with one attached hydrogen (secondary N) is 2. The van der Waals surface area contributed by atoms with Crippen LogP contribution in [0.4, 0.5) is 5.82 Å². The highest BCUT2D eigenvalue weighted by molar-refractivity contribution is 7.98. The van der Waals surface area contributed by atoms with E-state index in [0.29, 0.717) is 47.0 Å². The first-order valence-corrected chi connectivity index (χ1v) is 11.6. The minimum absolute atomic E-state index is 0.161. The second-order valence-electron chi connectivity index (χ2n) is 7.28. The fourth-order valence-corrected chi connectivity index (χ4v) is 4.53. The number of thioether (sulfide) groups is 1. The molecule has 0 saturated heterocycles. The molecule has 8 heteroatoms. The number of nitrogens with zero attached hydrogens (tertiary/aromatic N) is 1. The first kappa shape index (κ1) is 22.0. The Morgan fingerprint density at radius 3 is 2.53 bits per heavy atom. The summed E-state index contributed by atoms with van der Waals surface area (Å²) < 4.78 is 11.4. The number of hydrogen-bond donors (Lipinski definition) is 2. The van der Waals surface area contributed by atoms with Gasteiger partial charge in [-0.15, -0.1) is 0 Å². The van der Waals surface area contributed by atoms with E-state index in [1.807, 2.05) is 62.4 Å². The number of rotatable bonds is 8. The second-order valence-corrected chi connectivity index (χ2v) is 8.25. The molecule has 0 aliphatic carbocycles. The molecule has 4 rings (SSSR count). The normalized spacial score (nSPS) is 15.1. The van der Waals surface area contributed by atoms with E-state index < -0.39 is 5.92 Å². The molecule has 0 spiro atoms. The van der Waals surface area contributed by atoms with Gasteiger partial charge in [0.25, 0.3) is 5.56 Å². The first-order chi connectivity index (χ1) is 15.6. The molecule has 0 unspecified atom stereocenters. The van der Waals surface area contributed by atoms with Crippen molar-refractivity contribution in [1.29, 1.82) is 0 Å². The molecule has 1 aromatic heterocycles. The van der Waals surface area contributed by atoms with Crippen molar-refractivity contribution in [3.05, 3.63) is 75.6 Å². The third-order valence-electron chi connectivity index (χ3n) is 5.12. The van der Waals surface area contributed by atoms with Crippen molar-refractivity contribution in [1.82, 2.24) is 9.97 Å². The molecule has 0 saturated carbocycles. The maximum absolute atomic E-state index is 13.1. The van der Waals surface area contributed by atoms with Gasteiger partial charge >= 0.3 is 0 Å². The number of fused-ring (bicyclic) bond motifs is 1. The Hall–Kier alpha value is -3.26. The molecular formula is C24H25N3O4S. The lowest BCUT2D eigenvalue weighted by atomic mass is 9.86. The zero-order valence-electron chi connectivity index (χ0n) is 18.0. The monoisotopic (exact) mass is 451 g/mol. The van der Waals surface area contributed by atoms with Gasteiger partial charge in [-0.05, 0) is 37.1 Å². The summed E-state index contributed by atoms with van der Waals surface area (Å²) in [6.45, 7) is 4.80. The standard InChI is InChI=1S/C24H25N3O4S/c1-3-30-18-11-10-16(12-19(18)31-4-2)17-13-20(28)25-22-21(17)23(29)27-24(26-22)32-14-15-8-6-5-7-9-15/h5-12,17H,3-4,13-14H2,1-2H3,(H2,25,26,27,28,29)/t17-/m0/s1. The number of ether oxygens (including phenoxy) is 2. The molecule has 1 aliphatic rings. The molecule has 1 amide bonds. The number of aromatic amines is 1. The molecule has 32 heavy (non-hydrogen) atoms. The van der Waals surface area contributed by atoms with Gasteiger partial charge in [-0.25, -0.2) is 4.98 Å². The Kier molecular flexibility index (Phi) is 6.80. The maximum Gasteiger partial charge on any atom is 0.257 e. The van der Waals surface area contributed by atoms with Gasteiger partial charge in [0.15, 0.2) is 16.7 Å². The average Bonchev–Trinajstić information content (AvgIpc) is 2.79. The number of aromatic nitrogens is 2. The molecule has 3 aromatic rings. The van der Waals surface area contributed by atoms with Gasteiger partial charge in [-0.2, -0.15) is 0 Å². The van der Waals surface area contributed by atoms with Crippen LogP contribution in [0.1, 0.15) is 42.9 Å². The van der Waals surface area contributed by atoms with Gasteiger partial charge in [-0.3, -0.25) is 9.59 Å². The van der Waals surface area contributed by atoms with Crippen LogP contribution < -0.4 is 20.3 Å². The Bertz CT molecular complexity index is 1160. The van der Waals surface area contributed by atoms with E-state index in [1.54, 1.807) is 0 Å². The second kappa shape index (κ2) is 9.91. The lowest BCUT2D eigenvalue weighted by molar-refractivity contribution is -0.116. The minimum atomic E-state index is -0.418. The number of benzene rings is 2. The van der Waals surface area contributed by atoms with Gasteiger partial charge in [-0.1, -0.05) is 48.2 Å². The molecule has 2 aromatic carbocycles. The van der Waals surface area contributed by atoms with Crippen molar-refractivity contribution in [3.63, 3.8) is 0 Å². The highest BCUT2D eigenvalue weighted by Crippen LogP contribution is 2.38. The van der Waals surface area contributed by atoms with Crippen LogP contribution in [0.15, 0.2) is 58.5 Å². The summed E-state index contributed by atoms with van der Waals surface area (Å²) in [6, 6.07) is 15.5. The Balaban J connectivity index is 1.66. The Morgan fingerprint density at radius 2 is 1.78 bits per heavy atom. The summed E-state index contributed by atoms with van der Waals surface area (Å²) in [6.07, 6.45) is 0.161. The van der Waals surface area contributed by atoms with Gasteiger partial charge in [0.2, 0.25) is 5.91 Å². The lowest BCUT2D eigenvalue weighted by Gasteiger charge is -2.25. The van der Waals surface area contributed by atoms with Crippen LogP contribution in [0.25, 0.3) is 0 Å². The molecule has 2 N–H and O–H groups in total. The van der Waals surface area contributed by atoms with Gasteiger partial charge in [0.05, 0.1) is 18.8 Å². The van der Waals surface area contributed by atoms with E-state index in [4.69, 9.17) is 9.47 Å². The van der Waals surface area contributed by atoms with Gasteiger partial charge in [0.1, 0.15) is 5.82 Å². The van der Waals surface area contributed by atoms with Crippen LogP contribution in [0, 0.1) is 0 Å². The largest absolute Gasteiger partial charge is 0.490 e. The molecule has 0 bridgehead atoms. The molecule has 0 fully saturated rings. The lowest BCUT2D eigenvalue weighted by Crippen LogP contribution is -2.31. The van der Waals surface area contributed by atoms with E-state index in [9.17, 15) is 9.59 Å². The zero-order chi connectivity index (χ0) is 22.5. The maximum atomic E-state index is 13.1. The molecule has 2 heterocycles. The third-order valence-corrected chi connectivity index (χ3v) is 6.06. The zero-order valence-corrected chi connectivity index (χ0v) is 18.8. The van der Waals surface area contributed by atoms with E-state index in [1.165, 1.54) is 11.8 Å². The van der Waals surface area contributed by atoms with Crippen LogP contribution in [0.3, 0.4) is 0 Å². The van der Waals surface area contributed by atoms with Crippen LogP contribution in [0.2, 0.25) is 0 Å². The predicted octanol–water partition coefficient (Wildman–Crippen LogP) is 4.33. The minimum Gasteiger partial charge on any atom is -0.490 e. The van der Waals surface area contributed by atoms with Crippen molar-refractivity contribution in [2.24, 2.45) is 0 Å². The highest BCUT2D eigenvalue weighted by Gasteiger charge is 2.31. The van der Waals surface area contributed by atoms with Gasteiger partial charge < -0.3 is 19.8 Å². The average molecular weight is 452 g/mol. The highest BCUT2D eigenvalue weighted by atomic mass is 32.2. The number of hydrogen-bond acceptors (Lipinski definition) is 6. The summed E-state index contributed by atoms with van der Waals surface area (Å²) in [4.78, 5) is 32.9. The van der Waals surface area contributed by atoms with Crippen molar-refractivity contribution in [2.45, 2.75) is 37.1 Å². The third kappa shape index (κ3) is 4.80. The van der Waals surface area contributed by atoms with Gasteiger partial charge in [0, 0.05) is 18.1 Å². The number of anilines is 1. The Labute approximate surface area is 190 Å². The molecule has 1 aliphatic heterocycles. The summed E-state index contributed by atoms with van der Waals surface area (Å²) >= 11 is 1.42. The topological polar surface area (TPSA) is 93.3 Å². The SMILES string of the molecule is CCOc1ccc([C@@H]2CC(=O)Nc3nc(SCc4ccccc4)[nH]c(=O)c32)cc1OCC. The fourth-order valence-electron chi connectivity index (χ4n) is 3.71. The van der Waals surface area contributed by atoms with Crippen LogP contribution in [0.5, 0.6) is 11.5 Å². The van der Waals surface area contributed by atoms with Crippen molar-refractivity contribution in [2.75, 3.05) is 18.5 Å². The number of carbonyl (C=O) groups excluding carboxylic acids is 1. The number of H-pyrrole nitrogens is 1.